The number of carbonyl (C=O) groups excluding carboxylic acids is 2. The number of amides is 2. The molecule has 0 aromatic heterocycles. The predicted octanol–water partition coefficient (Wildman–Crippen LogP) is 0.126. The minimum absolute atomic E-state index is 0.0396. The maximum absolute atomic E-state index is 12.2. The van der Waals surface area contributed by atoms with Crippen LogP contribution in [0.15, 0.2) is 0 Å². The molecule has 2 unspecified atom stereocenters. The average molecular weight is 330 g/mol. The first-order valence-corrected chi connectivity index (χ1v) is 9.42. The van der Waals surface area contributed by atoms with Crippen molar-refractivity contribution in [3.63, 3.8) is 0 Å². The predicted molar refractivity (Wildman–Crippen MR) is 91.9 cm³/mol. The van der Waals surface area contributed by atoms with E-state index < -0.39 is 6.04 Å². The van der Waals surface area contributed by atoms with Crippen LogP contribution in [0.3, 0.4) is 0 Å². The molecule has 1 rings (SSSR count). The van der Waals surface area contributed by atoms with E-state index in [0.29, 0.717) is 19.6 Å². The molecular weight excluding hydrogens is 300 g/mol. The second-order valence-electron chi connectivity index (χ2n) is 5.87. The normalized spacial score (nSPS) is 18.8. The fourth-order valence-electron chi connectivity index (χ4n) is 2.35. The van der Waals surface area contributed by atoms with Crippen molar-refractivity contribution in [1.29, 1.82) is 0 Å². The van der Waals surface area contributed by atoms with Crippen LogP contribution in [0.5, 0.6) is 0 Å². The lowest BCUT2D eigenvalue weighted by Crippen LogP contribution is -2.54. The summed E-state index contributed by atoms with van der Waals surface area (Å²) >= 11 is 1.70. The fraction of sp³-hybridized carbons (Fsp3) is 0.867. The highest BCUT2D eigenvalue weighted by Gasteiger charge is 2.25. The van der Waals surface area contributed by atoms with E-state index in [1.165, 1.54) is 0 Å². The second kappa shape index (κ2) is 10.1. The molecule has 6 nitrogen and oxygen atoms in total. The largest absolute Gasteiger partial charge is 0.353 e. The highest BCUT2D eigenvalue weighted by Crippen LogP contribution is 2.07. The lowest BCUT2D eigenvalue weighted by molar-refractivity contribution is -0.134. The van der Waals surface area contributed by atoms with Crippen molar-refractivity contribution in [2.45, 2.75) is 38.8 Å². The summed E-state index contributed by atoms with van der Waals surface area (Å²) in [5, 5.41) is 2.97. The van der Waals surface area contributed by atoms with Crippen LogP contribution in [-0.4, -0.2) is 78.4 Å². The van der Waals surface area contributed by atoms with Gasteiger partial charge in [-0.2, -0.15) is 11.8 Å². The zero-order valence-electron chi connectivity index (χ0n) is 14.0. The van der Waals surface area contributed by atoms with Gasteiger partial charge >= 0.3 is 0 Å². The minimum Gasteiger partial charge on any atom is -0.353 e. The number of hydrogen-bond donors (Lipinski definition) is 2. The molecule has 128 valence electrons. The topological polar surface area (TPSA) is 78.7 Å². The van der Waals surface area contributed by atoms with E-state index in [-0.39, 0.29) is 17.9 Å². The van der Waals surface area contributed by atoms with Crippen molar-refractivity contribution >= 4 is 23.6 Å². The Morgan fingerprint density at radius 3 is 2.45 bits per heavy atom. The van der Waals surface area contributed by atoms with E-state index in [2.05, 4.69) is 17.1 Å². The molecule has 3 N–H and O–H groups in total. The standard InChI is InChI=1S/C15H30N4O2S/c1-4-12(2)17-14(20)11-18-6-8-19(9-7-18)15(21)13(16)5-10-22-3/h12-13H,4-11,16H2,1-3H3,(H,17,20). The minimum atomic E-state index is -0.396. The number of rotatable bonds is 8. The lowest BCUT2D eigenvalue weighted by Gasteiger charge is -2.35. The summed E-state index contributed by atoms with van der Waals surface area (Å²) < 4.78 is 0. The lowest BCUT2D eigenvalue weighted by atomic mass is 10.2. The molecule has 1 aliphatic heterocycles. The smallest absolute Gasteiger partial charge is 0.239 e. The van der Waals surface area contributed by atoms with Gasteiger partial charge in [-0.1, -0.05) is 6.92 Å². The number of thioether (sulfide) groups is 1. The third-order valence-electron chi connectivity index (χ3n) is 4.02. The Kier molecular flexibility index (Phi) is 8.82. The first kappa shape index (κ1) is 19.3. The molecule has 0 aromatic rings. The van der Waals surface area contributed by atoms with Crippen LogP contribution in [0, 0.1) is 0 Å². The van der Waals surface area contributed by atoms with Gasteiger partial charge in [0, 0.05) is 32.2 Å². The Bertz CT molecular complexity index is 359. The molecule has 0 aromatic carbocycles. The van der Waals surface area contributed by atoms with Gasteiger partial charge in [0.25, 0.3) is 0 Å². The van der Waals surface area contributed by atoms with E-state index in [9.17, 15) is 9.59 Å². The van der Waals surface area contributed by atoms with Crippen LogP contribution in [0.25, 0.3) is 0 Å². The summed E-state index contributed by atoms with van der Waals surface area (Å²) in [6, 6.07) is -0.183. The zero-order valence-corrected chi connectivity index (χ0v) is 14.8. The zero-order chi connectivity index (χ0) is 16.5. The quantitative estimate of drug-likeness (QED) is 0.661. The van der Waals surface area contributed by atoms with Gasteiger partial charge in [-0.3, -0.25) is 14.5 Å². The molecule has 0 spiro atoms. The van der Waals surface area contributed by atoms with E-state index >= 15 is 0 Å². The Morgan fingerprint density at radius 2 is 1.91 bits per heavy atom. The molecule has 0 saturated carbocycles. The highest BCUT2D eigenvalue weighted by molar-refractivity contribution is 7.98. The Morgan fingerprint density at radius 1 is 1.27 bits per heavy atom. The average Bonchev–Trinajstić information content (AvgIpc) is 2.52. The van der Waals surface area contributed by atoms with Crippen LogP contribution in [-0.2, 0) is 9.59 Å². The van der Waals surface area contributed by atoms with Gasteiger partial charge in [-0.15, -0.1) is 0 Å². The first-order valence-electron chi connectivity index (χ1n) is 8.03. The van der Waals surface area contributed by atoms with Crippen LogP contribution in [0.1, 0.15) is 26.7 Å². The number of nitrogens with one attached hydrogen (secondary N) is 1. The summed E-state index contributed by atoms with van der Waals surface area (Å²) in [5.41, 5.74) is 5.94. The maximum Gasteiger partial charge on any atom is 0.239 e. The van der Waals surface area contributed by atoms with Crippen LogP contribution >= 0.6 is 11.8 Å². The van der Waals surface area contributed by atoms with Crippen molar-refractivity contribution < 1.29 is 9.59 Å². The van der Waals surface area contributed by atoms with Crippen molar-refractivity contribution in [3.8, 4) is 0 Å². The summed E-state index contributed by atoms with van der Waals surface area (Å²) in [6.45, 7) is 7.24. The molecule has 7 heteroatoms. The van der Waals surface area contributed by atoms with Crippen LogP contribution < -0.4 is 11.1 Å². The molecule has 1 aliphatic rings. The number of nitrogens with two attached hydrogens (primary N) is 1. The molecule has 1 heterocycles. The Hall–Kier alpha value is -0.790. The van der Waals surface area contributed by atoms with Gasteiger partial charge < -0.3 is 16.0 Å². The Balaban J connectivity index is 2.31. The summed E-state index contributed by atoms with van der Waals surface area (Å²) in [5.74, 6) is 1.01. The molecule has 2 amide bonds. The number of carbonyl (C=O) groups is 2. The molecule has 0 bridgehead atoms. The number of hydrogen-bond acceptors (Lipinski definition) is 5. The number of piperazine rings is 1. The van der Waals surface area contributed by atoms with E-state index in [0.717, 1.165) is 31.7 Å². The van der Waals surface area contributed by atoms with Gasteiger partial charge in [0.2, 0.25) is 11.8 Å². The molecule has 1 fully saturated rings. The van der Waals surface area contributed by atoms with Gasteiger partial charge in [0.05, 0.1) is 12.6 Å². The summed E-state index contributed by atoms with van der Waals surface area (Å²) in [6.07, 6.45) is 3.67. The van der Waals surface area contributed by atoms with Gasteiger partial charge in [0.15, 0.2) is 0 Å². The van der Waals surface area contributed by atoms with Crippen LogP contribution in [0.2, 0.25) is 0 Å². The molecule has 2 atom stereocenters. The Labute approximate surface area is 138 Å². The monoisotopic (exact) mass is 330 g/mol. The van der Waals surface area contributed by atoms with Crippen molar-refractivity contribution in [1.82, 2.24) is 15.1 Å². The fourth-order valence-corrected chi connectivity index (χ4v) is 2.84. The molecule has 22 heavy (non-hydrogen) atoms. The van der Waals surface area contributed by atoms with E-state index in [1.54, 1.807) is 11.8 Å². The maximum atomic E-state index is 12.2. The third kappa shape index (κ3) is 6.54. The van der Waals surface area contributed by atoms with E-state index in [4.69, 9.17) is 5.73 Å². The van der Waals surface area contributed by atoms with Gasteiger partial charge in [-0.05, 0) is 31.8 Å². The van der Waals surface area contributed by atoms with Crippen molar-refractivity contribution in [2.24, 2.45) is 5.73 Å². The van der Waals surface area contributed by atoms with Gasteiger partial charge in [0.1, 0.15) is 0 Å². The van der Waals surface area contributed by atoms with Crippen molar-refractivity contribution in [2.75, 3.05) is 44.7 Å². The highest BCUT2D eigenvalue weighted by atomic mass is 32.2. The number of nitrogens with zero attached hydrogens (tertiary/aromatic N) is 2. The molecule has 0 radical (unpaired) electrons. The molecule has 0 aliphatic carbocycles. The molecule has 1 saturated heterocycles. The third-order valence-corrected chi connectivity index (χ3v) is 4.67. The summed E-state index contributed by atoms with van der Waals surface area (Å²) in [4.78, 5) is 28.0. The van der Waals surface area contributed by atoms with Crippen LogP contribution in [0.4, 0.5) is 0 Å². The second-order valence-corrected chi connectivity index (χ2v) is 6.85. The summed E-state index contributed by atoms with van der Waals surface area (Å²) in [7, 11) is 0. The first-order chi connectivity index (χ1) is 10.5. The molecular formula is C15H30N4O2S. The SMILES string of the molecule is CCC(C)NC(=O)CN1CCN(C(=O)C(N)CCSC)CC1. The van der Waals surface area contributed by atoms with E-state index in [1.807, 2.05) is 18.1 Å². The van der Waals surface area contributed by atoms with Gasteiger partial charge in [-0.25, -0.2) is 0 Å². The van der Waals surface area contributed by atoms with Crippen molar-refractivity contribution in [3.05, 3.63) is 0 Å².